The van der Waals surface area contributed by atoms with Crippen LogP contribution < -0.4 is 5.32 Å². The van der Waals surface area contributed by atoms with Crippen molar-refractivity contribution in [3.05, 3.63) is 45.9 Å². The van der Waals surface area contributed by atoms with Gasteiger partial charge in [0.05, 0.1) is 27.7 Å². The van der Waals surface area contributed by atoms with Gasteiger partial charge >= 0.3 is 0 Å². The number of carbonyl (C=O) groups excluding carboxylic acids is 1. The van der Waals surface area contributed by atoms with Crippen LogP contribution in [0.3, 0.4) is 0 Å². The topological polar surface area (TPSA) is 62.2 Å². The molecule has 0 aliphatic heterocycles. The molecule has 0 aliphatic rings. The molecule has 0 fully saturated rings. The summed E-state index contributed by atoms with van der Waals surface area (Å²) in [6.45, 7) is 1.89. The quantitative estimate of drug-likeness (QED) is 0.852. The first-order valence-corrected chi connectivity index (χ1v) is 6.95. The normalized spacial score (nSPS) is 9.70. The highest BCUT2D eigenvalue weighted by molar-refractivity contribution is 7.14. The van der Waals surface area contributed by atoms with Gasteiger partial charge < -0.3 is 10.4 Å². The molecule has 0 saturated heterocycles. The van der Waals surface area contributed by atoms with Gasteiger partial charge in [-0.3, -0.25) is 9.78 Å². The van der Waals surface area contributed by atoms with E-state index >= 15 is 0 Å². The average molecular weight is 286 g/mol. The van der Waals surface area contributed by atoms with Crippen molar-refractivity contribution < 1.29 is 9.90 Å². The van der Waals surface area contributed by atoms with Gasteiger partial charge in [0.15, 0.2) is 0 Å². The summed E-state index contributed by atoms with van der Waals surface area (Å²) in [5.41, 5.74) is 1.49. The van der Waals surface area contributed by atoms with Gasteiger partial charge in [-0.05, 0) is 31.2 Å². The highest BCUT2D eigenvalue weighted by atomic mass is 32.1. The predicted octanol–water partition coefficient (Wildman–Crippen LogP) is 2.44. The minimum atomic E-state index is -0.165. The van der Waals surface area contributed by atoms with E-state index in [0.29, 0.717) is 17.0 Å². The number of hydrogen-bond acceptors (Lipinski definition) is 4. The van der Waals surface area contributed by atoms with Crippen LogP contribution in [0.2, 0.25) is 0 Å². The molecule has 0 radical (unpaired) electrons. The first kappa shape index (κ1) is 14.3. The monoisotopic (exact) mass is 286 g/mol. The van der Waals surface area contributed by atoms with Crippen molar-refractivity contribution in [3.63, 3.8) is 0 Å². The second kappa shape index (κ2) is 6.85. The summed E-state index contributed by atoms with van der Waals surface area (Å²) in [6.07, 6.45) is 2.12. The molecule has 5 heteroatoms. The van der Waals surface area contributed by atoms with Gasteiger partial charge in [0.25, 0.3) is 5.91 Å². The number of aliphatic hydroxyl groups is 1. The molecule has 2 rings (SSSR count). The number of aryl methyl sites for hydroxylation is 1. The molecule has 0 saturated carbocycles. The van der Waals surface area contributed by atoms with E-state index in [1.807, 2.05) is 13.0 Å². The Bertz CT molecular complexity index is 668. The summed E-state index contributed by atoms with van der Waals surface area (Å²) in [5.74, 6) is 5.58. The minimum absolute atomic E-state index is 0.0476. The molecule has 20 heavy (non-hydrogen) atoms. The number of rotatable bonds is 3. The molecule has 1 amide bonds. The molecule has 0 unspecified atom stereocenters. The maximum Gasteiger partial charge on any atom is 0.265 e. The molecule has 2 N–H and O–H groups in total. The first-order chi connectivity index (χ1) is 9.70. The van der Waals surface area contributed by atoms with Crippen LogP contribution in [0.1, 0.15) is 26.7 Å². The molecule has 0 spiro atoms. The fourth-order valence-electron chi connectivity index (χ4n) is 1.53. The fourth-order valence-corrected chi connectivity index (χ4v) is 2.31. The van der Waals surface area contributed by atoms with Crippen LogP contribution in [0.4, 0.5) is 5.69 Å². The van der Waals surface area contributed by atoms with E-state index < -0.39 is 0 Å². The SMILES string of the molecule is Cc1ncccc1NC(=O)c1ccc(C#CCCO)s1. The summed E-state index contributed by atoms with van der Waals surface area (Å²) >= 11 is 1.33. The van der Waals surface area contributed by atoms with Crippen LogP contribution in [-0.4, -0.2) is 22.6 Å². The van der Waals surface area contributed by atoms with Crippen molar-refractivity contribution in [3.8, 4) is 11.8 Å². The van der Waals surface area contributed by atoms with Crippen LogP contribution in [-0.2, 0) is 0 Å². The molecule has 0 aromatic carbocycles. The van der Waals surface area contributed by atoms with Crippen molar-refractivity contribution in [2.45, 2.75) is 13.3 Å². The molecule has 0 aliphatic carbocycles. The lowest BCUT2D eigenvalue weighted by molar-refractivity contribution is 0.103. The predicted molar refractivity (Wildman–Crippen MR) is 79.8 cm³/mol. The second-order valence-corrected chi connectivity index (χ2v) is 5.11. The van der Waals surface area contributed by atoms with Crippen LogP contribution in [0.25, 0.3) is 0 Å². The van der Waals surface area contributed by atoms with Gasteiger partial charge in [-0.15, -0.1) is 11.3 Å². The van der Waals surface area contributed by atoms with Gasteiger partial charge in [-0.25, -0.2) is 0 Å². The van der Waals surface area contributed by atoms with Crippen LogP contribution in [0.5, 0.6) is 0 Å². The van der Waals surface area contributed by atoms with Crippen molar-refractivity contribution >= 4 is 22.9 Å². The highest BCUT2D eigenvalue weighted by Crippen LogP contribution is 2.18. The molecule has 2 heterocycles. The van der Waals surface area contributed by atoms with Crippen LogP contribution in [0.15, 0.2) is 30.5 Å². The van der Waals surface area contributed by atoms with Gasteiger partial charge in [0, 0.05) is 12.6 Å². The van der Waals surface area contributed by atoms with Crippen molar-refractivity contribution in [1.29, 1.82) is 0 Å². The summed E-state index contributed by atoms with van der Waals surface area (Å²) in [4.78, 5) is 17.6. The number of thiophene rings is 1. The van der Waals surface area contributed by atoms with E-state index in [0.717, 1.165) is 10.6 Å². The number of nitrogens with one attached hydrogen (secondary N) is 1. The van der Waals surface area contributed by atoms with Gasteiger partial charge in [0.2, 0.25) is 0 Å². The number of nitrogens with zero attached hydrogens (tertiary/aromatic N) is 1. The van der Waals surface area contributed by atoms with Crippen LogP contribution in [0, 0.1) is 18.8 Å². The molecule has 4 nitrogen and oxygen atoms in total. The lowest BCUT2D eigenvalue weighted by atomic mass is 10.3. The third-order valence-electron chi connectivity index (χ3n) is 2.53. The van der Waals surface area contributed by atoms with Crippen LogP contribution >= 0.6 is 11.3 Å². The number of anilines is 1. The summed E-state index contributed by atoms with van der Waals surface area (Å²) in [7, 11) is 0. The second-order valence-electron chi connectivity index (χ2n) is 4.03. The molecule has 0 bridgehead atoms. The Morgan fingerprint density at radius 1 is 1.45 bits per heavy atom. The van der Waals surface area contributed by atoms with Gasteiger partial charge in [-0.2, -0.15) is 0 Å². The summed E-state index contributed by atoms with van der Waals surface area (Å²) < 4.78 is 0. The zero-order chi connectivity index (χ0) is 14.4. The molecular formula is C15H14N2O2S. The van der Waals surface area contributed by atoms with E-state index in [2.05, 4.69) is 22.1 Å². The molecule has 2 aromatic heterocycles. The number of carbonyl (C=O) groups is 1. The molecular weight excluding hydrogens is 272 g/mol. The Balaban J connectivity index is 2.07. The van der Waals surface area contributed by atoms with E-state index in [9.17, 15) is 4.79 Å². The minimum Gasteiger partial charge on any atom is -0.395 e. The Hall–Kier alpha value is -2.16. The van der Waals surface area contributed by atoms with Gasteiger partial charge in [-0.1, -0.05) is 11.8 Å². The number of aliphatic hydroxyl groups excluding tert-OH is 1. The first-order valence-electron chi connectivity index (χ1n) is 6.13. The third kappa shape index (κ3) is 3.67. The molecule has 102 valence electrons. The molecule has 2 aromatic rings. The Morgan fingerprint density at radius 3 is 3.05 bits per heavy atom. The van der Waals surface area contributed by atoms with Crippen molar-refractivity contribution in [2.24, 2.45) is 0 Å². The Morgan fingerprint density at radius 2 is 2.30 bits per heavy atom. The largest absolute Gasteiger partial charge is 0.395 e. The van der Waals surface area contributed by atoms with E-state index in [-0.39, 0.29) is 12.5 Å². The average Bonchev–Trinajstić information content (AvgIpc) is 2.91. The standard InChI is InChI=1S/C15H14N2O2S/c1-11-13(6-4-9-16-11)17-15(19)14-8-7-12(20-14)5-2-3-10-18/h4,6-9,18H,3,10H2,1H3,(H,17,19). The lowest BCUT2D eigenvalue weighted by Crippen LogP contribution is -2.11. The number of amides is 1. The summed E-state index contributed by atoms with van der Waals surface area (Å²) in [6, 6.07) is 7.15. The zero-order valence-electron chi connectivity index (χ0n) is 11.0. The number of hydrogen-bond donors (Lipinski definition) is 2. The maximum atomic E-state index is 12.1. The van der Waals surface area contributed by atoms with Gasteiger partial charge in [0.1, 0.15) is 0 Å². The van der Waals surface area contributed by atoms with Crippen molar-refractivity contribution in [1.82, 2.24) is 4.98 Å². The Labute approximate surface area is 121 Å². The smallest absolute Gasteiger partial charge is 0.265 e. The fraction of sp³-hybridized carbons (Fsp3) is 0.200. The Kier molecular flexibility index (Phi) is 4.88. The maximum absolute atomic E-state index is 12.1. The lowest BCUT2D eigenvalue weighted by Gasteiger charge is -2.05. The summed E-state index contributed by atoms with van der Waals surface area (Å²) in [5, 5.41) is 11.5. The van der Waals surface area contributed by atoms with E-state index in [1.54, 1.807) is 24.4 Å². The third-order valence-corrected chi connectivity index (χ3v) is 3.53. The zero-order valence-corrected chi connectivity index (χ0v) is 11.8. The van der Waals surface area contributed by atoms with E-state index in [1.165, 1.54) is 11.3 Å². The number of aromatic nitrogens is 1. The number of pyridine rings is 1. The molecule has 0 atom stereocenters. The van der Waals surface area contributed by atoms with Crippen molar-refractivity contribution in [2.75, 3.05) is 11.9 Å². The van der Waals surface area contributed by atoms with E-state index in [4.69, 9.17) is 5.11 Å². The highest BCUT2D eigenvalue weighted by Gasteiger charge is 2.10.